The van der Waals surface area contributed by atoms with Gasteiger partial charge in [0.05, 0.1) is 7.11 Å². The van der Waals surface area contributed by atoms with E-state index in [1.807, 2.05) is 97.2 Å². The zero-order valence-electron chi connectivity index (χ0n) is 31.6. The van der Waals surface area contributed by atoms with E-state index < -0.39 is 11.2 Å². The number of hydrogen-bond donors (Lipinski definition) is 2. The van der Waals surface area contributed by atoms with Crippen molar-refractivity contribution in [2.75, 3.05) is 48.4 Å². The first-order valence-corrected chi connectivity index (χ1v) is 17.9. The van der Waals surface area contributed by atoms with E-state index in [2.05, 4.69) is 4.90 Å². The molecule has 2 N–H and O–H groups in total. The molecular weight excluding hydrogens is 701 g/mol. The fourth-order valence-corrected chi connectivity index (χ4v) is 7.18. The lowest BCUT2D eigenvalue weighted by Gasteiger charge is -2.38. The van der Waals surface area contributed by atoms with Gasteiger partial charge in [-0.15, -0.1) is 0 Å². The molecule has 0 fully saturated rings. The Morgan fingerprint density at radius 1 is 0.712 bits per heavy atom. The highest BCUT2D eigenvalue weighted by atomic mass is 35.5. The Hall–Kier alpha value is -3.56. The molecule has 4 aromatic rings. The number of halogens is 4. The minimum atomic E-state index is -1.29. The van der Waals surface area contributed by atoms with Crippen molar-refractivity contribution in [1.82, 2.24) is 9.80 Å². The first-order chi connectivity index (χ1) is 24.4. The molecule has 5 nitrogen and oxygen atoms in total. The van der Waals surface area contributed by atoms with E-state index in [9.17, 15) is 19.0 Å². The van der Waals surface area contributed by atoms with Gasteiger partial charge in [0.25, 0.3) is 0 Å². The molecule has 0 saturated heterocycles. The number of rotatable bonds is 13. The van der Waals surface area contributed by atoms with E-state index in [4.69, 9.17) is 27.9 Å². The first-order valence-electron chi connectivity index (χ1n) is 17.1. The summed E-state index contributed by atoms with van der Waals surface area (Å²) in [5, 5.41) is 24.5. The zero-order valence-corrected chi connectivity index (χ0v) is 33.1. The van der Waals surface area contributed by atoms with Crippen molar-refractivity contribution in [3.63, 3.8) is 0 Å². The first kappa shape index (κ1) is 42.8. The van der Waals surface area contributed by atoms with Gasteiger partial charge in [0.15, 0.2) is 0 Å². The molecule has 0 aromatic heterocycles. The van der Waals surface area contributed by atoms with E-state index in [1.54, 1.807) is 49.6 Å². The van der Waals surface area contributed by atoms with Crippen LogP contribution >= 0.6 is 23.2 Å². The van der Waals surface area contributed by atoms with E-state index in [-0.39, 0.29) is 23.5 Å². The van der Waals surface area contributed by atoms with Crippen LogP contribution in [0, 0.1) is 23.5 Å². The third-order valence-electron chi connectivity index (χ3n) is 9.26. The van der Waals surface area contributed by atoms with Crippen molar-refractivity contribution < 1.29 is 23.7 Å². The SMILES string of the molecule is CC(=Cc1ccc(F)cc1)C(O)(c1ccc(Cl)cc1Cl)C(C)CN(C)C.COc1cccc(C(O)(C(C)=Cc2ccc(F)cc2)C(C)CN(C)C)c1. The molecule has 0 spiro atoms. The third kappa shape index (κ3) is 11.0. The van der Waals surface area contributed by atoms with Gasteiger partial charge in [-0.2, -0.15) is 0 Å². The summed E-state index contributed by atoms with van der Waals surface area (Å²) in [5.74, 6) is -0.0811. The van der Waals surface area contributed by atoms with Gasteiger partial charge in [-0.05, 0) is 118 Å². The number of aliphatic hydroxyl groups is 2. The summed E-state index contributed by atoms with van der Waals surface area (Å²) < 4.78 is 31.7. The van der Waals surface area contributed by atoms with Crippen molar-refractivity contribution in [2.24, 2.45) is 11.8 Å². The van der Waals surface area contributed by atoms with Crippen molar-refractivity contribution in [1.29, 1.82) is 0 Å². The molecule has 4 rings (SSSR count). The minimum absolute atomic E-state index is 0.0682. The lowest BCUT2D eigenvalue weighted by Crippen LogP contribution is -2.40. The van der Waals surface area contributed by atoms with E-state index in [0.29, 0.717) is 34.4 Å². The van der Waals surface area contributed by atoms with Gasteiger partial charge in [0, 0.05) is 40.5 Å². The van der Waals surface area contributed by atoms with Crippen molar-refractivity contribution in [2.45, 2.75) is 38.9 Å². The Balaban J connectivity index is 0.000000280. The molecule has 4 atom stereocenters. The van der Waals surface area contributed by atoms with Crippen LogP contribution in [0.5, 0.6) is 5.75 Å². The summed E-state index contributed by atoms with van der Waals surface area (Å²) >= 11 is 12.5. The molecule has 280 valence electrons. The van der Waals surface area contributed by atoms with Crippen LogP contribution in [0.15, 0.2) is 102 Å². The Bertz CT molecular complexity index is 1810. The predicted octanol–water partition coefficient (Wildman–Crippen LogP) is 9.94. The van der Waals surface area contributed by atoms with Gasteiger partial charge in [-0.3, -0.25) is 0 Å². The Labute approximate surface area is 318 Å². The number of nitrogens with zero attached hydrogens (tertiary/aromatic N) is 2. The fraction of sp³-hybridized carbons (Fsp3) is 0.349. The van der Waals surface area contributed by atoms with Crippen LogP contribution in [0.1, 0.15) is 49.9 Å². The summed E-state index contributed by atoms with van der Waals surface area (Å²) in [4.78, 5) is 4.08. The zero-order chi connectivity index (χ0) is 38.8. The maximum absolute atomic E-state index is 13.2. The minimum Gasteiger partial charge on any atom is -0.497 e. The molecular formula is C43H52Cl2F2N2O3. The Kier molecular flexibility index (Phi) is 15.6. The van der Waals surface area contributed by atoms with Crippen LogP contribution in [-0.2, 0) is 11.2 Å². The standard InChI is InChI=1S/C22H28FNO2.C21H24Cl2FNO/c1-16(13-18-9-11-20(23)12-10-18)22(25,17(2)15-24(3)4)19-7-6-8-21(14-19)26-5;1-14(11-16-5-8-18(24)9-6-16)21(26,15(2)13-25(3)4)19-10-7-17(22)12-20(19)23/h6-14,17,25H,15H2,1-5H3;5-12,15,26H,13H2,1-4H3. The molecule has 0 heterocycles. The highest BCUT2D eigenvalue weighted by molar-refractivity contribution is 6.35. The number of ether oxygens (including phenoxy) is 1. The molecule has 9 heteroatoms. The lowest BCUT2D eigenvalue weighted by molar-refractivity contribution is 0.0103. The molecule has 0 aliphatic rings. The second-order valence-corrected chi connectivity index (χ2v) is 14.8. The van der Waals surface area contributed by atoms with E-state index in [1.165, 1.54) is 24.3 Å². The maximum atomic E-state index is 13.2. The van der Waals surface area contributed by atoms with Gasteiger partial charge in [0.2, 0.25) is 0 Å². The summed E-state index contributed by atoms with van der Waals surface area (Å²) in [5.41, 5.74) is 2.10. The predicted molar refractivity (Wildman–Crippen MR) is 213 cm³/mol. The van der Waals surface area contributed by atoms with Gasteiger partial charge in [0.1, 0.15) is 28.6 Å². The Morgan fingerprint density at radius 2 is 1.17 bits per heavy atom. The normalized spacial score (nSPS) is 15.7. The number of methoxy groups -OCH3 is 1. The molecule has 0 aliphatic carbocycles. The van der Waals surface area contributed by atoms with Gasteiger partial charge >= 0.3 is 0 Å². The molecule has 52 heavy (non-hydrogen) atoms. The summed E-state index contributed by atoms with van der Waals surface area (Å²) in [6, 6.07) is 25.1. The molecule has 0 saturated carbocycles. The number of hydrogen-bond acceptors (Lipinski definition) is 5. The lowest BCUT2D eigenvalue weighted by atomic mass is 9.76. The van der Waals surface area contributed by atoms with Crippen LogP contribution in [0.4, 0.5) is 8.78 Å². The van der Waals surface area contributed by atoms with Crippen LogP contribution in [-0.4, -0.2) is 68.4 Å². The summed E-state index contributed by atoms with van der Waals surface area (Å²) in [7, 11) is 9.50. The van der Waals surface area contributed by atoms with E-state index >= 15 is 0 Å². The van der Waals surface area contributed by atoms with Gasteiger partial charge in [-0.1, -0.05) is 91.7 Å². The average Bonchev–Trinajstić information content (AvgIpc) is 3.09. The molecule has 0 aliphatic heterocycles. The fourth-order valence-electron chi connectivity index (χ4n) is 6.62. The highest BCUT2D eigenvalue weighted by Crippen LogP contribution is 2.42. The van der Waals surface area contributed by atoms with Gasteiger partial charge in [-0.25, -0.2) is 8.78 Å². The third-order valence-corrected chi connectivity index (χ3v) is 9.81. The monoisotopic (exact) mass is 752 g/mol. The van der Waals surface area contributed by atoms with Crippen molar-refractivity contribution in [3.05, 3.63) is 146 Å². The quantitative estimate of drug-likeness (QED) is 0.142. The number of benzene rings is 4. The van der Waals surface area contributed by atoms with Crippen LogP contribution in [0.3, 0.4) is 0 Å². The Morgan fingerprint density at radius 3 is 1.62 bits per heavy atom. The smallest absolute Gasteiger partial charge is 0.123 e. The van der Waals surface area contributed by atoms with Gasteiger partial charge < -0.3 is 24.7 Å². The molecule has 0 radical (unpaired) electrons. The van der Waals surface area contributed by atoms with Crippen molar-refractivity contribution >= 4 is 35.4 Å². The second kappa shape index (κ2) is 19.0. The van der Waals surface area contributed by atoms with Crippen LogP contribution in [0.2, 0.25) is 10.0 Å². The van der Waals surface area contributed by atoms with E-state index in [0.717, 1.165) is 27.8 Å². The second-order valence-electron chi connectivity index (χ2n) is 14.0. The topological polar surface area (TPSA) is 56.2 Å². The summed E-state index contributed by atoms with van der Waals surface area (Å²) in [6.45, 7) is 9.15. The molecule has 4 unspecified atom stereocenters. The molecule has 4 aromatic carbocycles. The molecule has 0 amide bonds. The summed E-state index contributed by atoms with van der Waals surface area (Å²) in [6.07, 6.45) is 3.77. The van der Waals surface area contributed by atoms with Crippen LogP contribution < -0.4 is 4.74 Å². The highest BCUT2D eigenvalue weighted by Gasteiger charge is 2.40. The van der Waals surface area contributed by atoms with Crippen LogP contribution in [0.25, 0.3) is 12.2 Å². The average molecular weight is 754 g/mol. The largest absolute Gasteiger partial charge is 0.497 e. The molecule has 0 bridgehead atoms. The maximum Gasteiger partial charge on any atom is 0.123 e. The van der Waals surface area contributed by atoms with Crippen molar-refractivity contribution in [3.8, 4) is 5.75 Å².